The number of carbonyl (C=O) groups is 1. The Balaban J connectivity index is 1.79. The number of carbonyl (C=O) groups excluding carboxylic acids is 1. The summed E-state index contributed by atoms with van der Waals surface area (Å²) in [4.78, 5) is 13.6. The van der Waals surface area contributed by atoms with Gasteiger partial charge in [-0.1, -0.05) is 6.92 Å². The Kier molecular flexibility index (Phi) is 4.64. The maximum atomic E-state index is 11.9. The molecule has 19 heavy (non-hydrogen) atoms. The lowest BCUT2D eigenvalue weighted by atomic mass is 10.2. The lowest BCUT2D eigenvalue weighted by Gasteiger charge is -2.15. The molecule has 1 N–H and O–H groups in total. The van der Waals surface area contributed by atoms with Gasteiger partial charge in [-0.15, -0.1) is 0 Å². The first-order valence-electron chi connectivity index (χ1n) is 7.09. The molecule has 1 aliphatic carbocycles. The van der Waals surface area contributed by atoms with Crippen LogP contribution < -0.4 is 5.32 Å². The van der Waals surface area contributed by atoms with E-state index in [9.17, 15) is 4.79 Å². The molecule has 1 amide bonds. The first kappa shape index (κ1) is 14.1. The van der Waals surface area contributed by atoms with Crippen molar-refractivity contribution in [1.29, 1.82) is 0 Å². The molecular formula is C15H24N2O2. The highest BCUT2D eigenvalue weighted by atomic mass is 16.3. The van der Waals surface area contributed by atoms with Gasteiger partial charge in [-0.2, -0.15) is 0 Å². The Hall–Kier alpha value is -1.29. The molecule has 1 fully saturated rings. The largest absolute Gasteiger partial charge is 0.464 e. The Bertz CT molecular complexity index is 428. The monoisotopic (exact) mass is 264 g/mol. The van der Waals surface area contributed by atoms with Crippen molar-refractivity contribution >= 4 is 5.91 Å². The highest BCUT2D eigenvalue weighted by Gasteiger charge is 2.36. The zero-order chi connectivity index (χ0) is 13.8. The molecule has 1 saturated carbocycles. The van der Waals surface area contributed by atoms with Crippen molar-refractivity contribution in [2.45, 2.75) is 38.6 Å². The molecule has 1 heterocycles. The van der Waals surface area contributed by atoms with E-state index in [1.807, 2.05) is 20.2 Å². The van der Waals surface area contributed by atoms with E-state index in [0.717, 1.165) is 30.4 Å². The van der Waals surface area contributed by atoms with E-state index in [4.69, 9.17) is 4.42 Å². The molecular weight excluding hydrogens is 240 g/mol. The van der Waals surface area contributed by atoms with Gasteiger partial charge in [0.1, 0.15) is 11.5 Å². The minimum absolute atomic E-state index is 0.174. The second-order valence-corrected chi connectivity index (χ2v) is 5.58. The van der Waals surface area contributed by atoms with Gasteiger partial charge in [-0.3, -0.25) is 4.79 Å². The van der Waals surface area contributed by atoms with Gasteiger partial charge < -0.3 is 14.6 Å². The molecule has 4 heteroatoms. The molecule has 0 saturated heterocycles. The number of amides is 1. The van der Waals surface area contributed by atoms with Crippen LogP contribution in [-0.2, 0) is 11.3 Å². The van der Waals surface area contributed by atoms with Crippen molar-refractivity contribution in [3.63, 3.8) is 0 Å². The van der Waals surface area contributed by atoms with E-state index in [1.54, 1.807) is 4.90 Å². The zero-order valence-corrected chi connectivity index (χ0v) is 12.1. The fourth-order valence-corrected chi connectivity index (χ4v) is 2.33. The van der Waals surface area contributed by atoms with Crippen molar-refractivity contribution in [2.75, 3.05) is 20.6 Å². The van der Waals surface area contributed by atoms with Crippen LogP contribution in [0.15, 0.2) is 16.5 Å². The number of rotatable bonds is 7. The molecule has 1 aromatic heterocycles. The second kappa shape index (κ2) is 6.24. The Morgan fingerprint density at radius 3 is 2.89 bits per heavy atom. The summed E-state index contributed by atoms with van der Waals surface area (Å²) in [5.41, 5.74) is 0. The number of hydrogen-bond donors (Lipinski definition) is 1. The van der Waals surface area contributed by atoms with Gasteiger partial charge in [0.25, 0.3) is 0 Å². The van der Waals surface area contributed by atoms with E-state index in [0.29, 0.717) is 18.9 Å². The SMILES string of the molecule is CNCCCC(=O)N(C)Cc1ccc(C2CC2C)o1. The molecule has 0 spiro atoms. The van der Waals surface area contributed by atoms with Gasteiger partial charge in [-0.05, 0) is 44.5 Å². The lowest BCUT2D eigenvalue weighted by Crippen LogP contribution is -2.26. The van der Waals surface area contributed by atoms with E-state index in [2.05, 4.69) is 18.3 Å². The van der Waals surface area contributed by atoms with Crippen LogP contribution in [0.25, 0.3) is 0 Å². The summed E-state index contributed by atoms with van der Waals surface area (Å²) in [7, 11) is 3.74. The summed E-state index contributed by atoms with van der Waals surface area (Å²) in [5, 5.41) is 3.05. The van der Waals surface area contributed by atoms with E-state index < -0.39 is 0 Å². The van der Waals surface area contributed by atoms with Gasteiger partial charge in [0, 0.05) is 19.4 Å². The molecule has 106 valence electrons. The topological polar surface area (TPSA) is 45.5 Å². The molecule has 0 aliphatic heterocycles. The quantitative estimate of drug-likeness (QED) is 0.769. The molecule has 1 aliphatic rings. The molecule has 1 aromatic rings. The third-order valence-electron chi connectivity index (χ3n) is 3.79. The lowest BCUT2D eigenvalue weighted by molar-refractivity contribution is -0.130. The second-order valence-electron chi connectivity index (χ2n) is 5.58. The summed E-state index contributed by atoms with van der Waals surface area (Å²) in [6.07, 6.45) is 2.69. The smallest absolute Gasteiger partial charge is 0.222 e. The van der Waals surface area contributed by atoms with Crippen LogP contribution in [0.3, 0.4) is 0 Å². The molecule has 2 rings (SSSR count). The van der Waals surface area contributed by atoms with Gasteiger partial charge in [0.05, 0.1) is 6.54 Å². The molecule has 0 radical (unpaired) electrons. The number of furan rings is 1. The van der Waals surface area contributed by atoms with Crippen LogP contribution in [-0.4, -0.2) is 31.4 Å². The maximum absolute atomic E-state index is 11.9. The van der Waals surface area contributed by atoms with Crippen LogP contribution >= 0.6 is 0 Å². The summed E-state index contributed by atoms with van der Waals surface area (Å²) < 4.78 is 5.82. The van der Waals surface area contributed by atoms with Crippen molar-refractivity contribution in [2.24, 2.45) is 5.92 Å². The summed E-state index contributed by atoms with van der Waals surface area (Å²) >= 11 is 0. The average molecular weight is 264 g/mol. The van der Waals surface area contributed by atoms with Gasteiger partial charge in [0.2, 0.25) is 5.91 Å². The fraction of sp³-hybridized carbons (Fsp3) is 0.667. The van der Waals surface area contributed by atoms with E-state index >= 15 is 0 Å². The van der Waals surface area contributed by atoms with Crippen molar-refractivity contribution in [3.05, 3.63) is 23.7 Å². The zero-order valence-electron chi connectivity index (χ0n) is 12.1. The predicted octanol–water partition coefficient (Wildman–Crippen LogP) is 2.36. The third kappa shape index (κ3) is 3.83. The maximum Gasteiger partial charge on any atom is 0.222 e. The van der Waals surface area contributed by atoms with Crippen molar-refractivity contribution in [3.8, 4) is 0 Å². The molecule has 2 unspecified atom stereocenters. The molecule has 0 bridgehead atoms. The highest BCUT2D eigenvalue weighted by molar-refractivity contribution is 5.75. The Morgan fingerprint density at radius 2 is 2.26 bits per heavy atom. The standard InChI is InChI=1S/C15H24N2O2/c1-11-9-13(11)14-7-6-12(19-14)10-17(3)15(18)5-4-8-16-2/h6-7,11,13,16H,4-5,8-10H2,1-3H3. The summed E-state index contributed by atoms with van der Waals surface area (Å²) in [6, 6.07) is 4.06. The predicted molar refractivity (Wildman–Crippen MR) is 74.9 cm³/mol. The summed E-state index contributed by atoms with van der Waals surface area (Å²) in [5.74, 6) is 3.50. The van der Waals surface area contributed by atoms with Gasteiger partial charge in [0.15, 0.2) is 0 Å². The van der Waals surface area contributed by atoms with Crippen LogP contribution in [0.1, 0.15) is 43.6 Å². The van der Waals surface area contributed by atoms with E-state index in [1.165, 1.54) is 6.42 Å². The minimum atomic E-state index is 0.174. The highest BCUT2D eigenvalue weighted by Crippen LogP contribution is 2.47. The van der Waals surface area contributed by atoms with Gasteiger partial charge >= 0.3 is 0 Å². The van der Waals surface area contributed by atoms with Crippen molar-refractivity contribution < 1.29 is 9.21 Å². The van der Waals surface area contributed by atoms with Gasteiger partial charge in [-0.25, -0.2) is 0 Å². The summed E-state index contributed by atoms with van der Waals surface area (Å²) in [6.45, 7) is 3.69. The Labute approximate surface area is 115 Å². The van der Waals surface area contributed by atoms with Crippen LogP contribution in [0.4, 0.5) is 0 Å². The third-order valence-corrected chi connectivity index (χ3v) is 3.79. The first-order chi connectivity index (χ1) is 9.11. The number of nitrogens with zero attached hydrogens (tertiary/aromatic N) is 1. The molecule has 2 atom stereocenters. The van der Waals surface area contributed by atoms with E-state index in [-0.39, 0.29) is 5.91 Å². The first-order valence-corrected chi connectivity index (χ1v) is 7.09. The molecule has 4 nitrogen and oxygen atoms in total. The normalized spacial score (nSPS) is 21.4. The van der Waals surface area contributed by atoms with Crippen LogP contribution in [0, 0.1) is 5.92 Å². The fourth-order valence-electron chi connectivity index (χ4n) is 2.33. The van der Waals surface area contributed by atoms with Crippen molar-refractivity contribution in [1.82, 2.24) is 10.2 Å². The van der Waals surface area contributed by atoms with Crippen LogP contribution in [0.2, 0.25) is 0 Å². The van der Waals surface area contributed by atoms with Crippen LogP contribution in [0.5, 0.6) is 0 Å². The number of hydrogen-bond acceptors (Lipinski definition) is 3. The minimum Gasteiger partial charge on any atom is -0.464 e. The number of nitrogens with one attached hydrogen (secondary N) is 1. The average Bonchev–Trinajstić information content (AvgIpc) is 2.93. The molecule has 0 aromatic carbocycles. The Morgan fingerprint density at radius 1 is 1.53 bits per heavy atom.